The number of fused-ring (bicyclic) bond motifs is 1. The molecule has 1 unspecified atom stereocenters. The van der Waals surface area contributed by atoms with Crippen molar-refractivity contribution < 1.29 is 4.74 Å². The quantitative estimate of drug-likeness (QED) is 0.781. The molecule has 0 spiro atoms. The molecule has 5 heteroatoms. The largest absolute Gasteiger partial charge is 0.357 e. The molecule has 0 aliphatic rings. The van der Waals surface area contributed by atoms with Crippen molar-refractivity contribution in [3.63, 3.8) is 0 Å². The van der Waals surface area contributed by atoms with E-state index in [-0.39, 0.29) is 5.56 Å². The van der Waals surface area contributed by atoms with E-state index < -0.39 is 6.23 Å². The predicted octanol–water partition coefficient (Wildman–Crippen LogP) is 1.35. The van der Waals surface area contributed by atoms with Gasteiger partial charge in [0.15, 0.2) is 6.23 Å². The van der Waals surface area contributed by atoms with Gasteiger partial charge in [-0.05, 0) is 26.0 Å². The predicted molar refractivity (Wildman–Crippen MR) is 60.1 cm³/mol. The fraction of sp³-hybridized carbons (Fsp3) is 0.364. The number of hydrogen-bond donors (Lipinski definition) is 0. The van der Waals surface area contributed by atoms with E-state index in [1.807, 2.05) is 13.0 Å². The summed E-state index contributed by atoms with van der Waals surface area (Å²) in [5, 5.41) is 8.39. The van der Waals surface area contributed by atoms with Crippen molar-refractivity contribution >= 4 is 10.9 Å². The summed E-state index contributed by atoms with van der Waals surface area (Å²) in [6.07, 6.45) is -0.394. The van der Waals surface area contributed by atoms with Gasteiger partial charge in [-0.25, -0.2) is 0 Å². The van der Waals surface area contributed by atoms with Gasteiger partial charge in [-0.2, -0.15) is 4.68 Å². The van der Waals surface area contributed by atoms with E-state index in [4.69, 9.17) is 4.74 Å². The molecule has 0 saturated heterocycles. The van der Waals surface area contributed by atoms with Crippen LogP contribution in [0, 0.1) is 0 Å². The highest BCUT2D eigenvalue weighted by molar-refractivity contribution is 5.76. The normalized spacial score (nSPS) is 12.9. The van der Waals surface area contributed by atoms with E-state index in [0.717, 1.165) is 0 Å². The van der Waals surface area contributed by atoms with Crippen molar-refractivity contribution in [2.75, 3.05) is 6.61 Å². The van der Waals surface area contributed by atoms with Gasteiger partial charge in [0.25, 0.3) is 5.56 Å². The van der Waals surface area contributed by atoms with Crippen molar-refractivity contribution in [2.45, 2.75) is 20.1 Å². The molecule has 0 N–H and O–H groups in total. The summed E-state index contributed by atoms with van der Waals surface area (Å²) in [6.45, 7) is 4.17. The fourth-order valence-electron chi connectivity index (χ4n) is 1.55. The number of rotatable bonds is 3. The van der Waals surface area contributed by atoms with Crippen molar-refractivity contribution in [3.05, 3.63) is 34.6 Å². The van der Waals surface area contributed by atoms with Crippen molar-refractivity contribution in [1.82, 2.24) is 15.0 Å². The molecule has 2 rings (SSSR count). The van der Waals surface area contributed by atoms with Crippen LogP contribution in [0.2, 0.25) is 0 Å². The Labute approximate surface area is 92.7 Å². The molecule has 0 aliphatic heterocycles. The van der Waals surface area contributed by atoms with Crippen LogP contribution in [0.5, 0.6) is 0 Å². The molecule has 0 aliphatic carbocycles. The minimum absolute atomic E-state index is 0.174. The summed E-state index contributed by atoms with van der Waals surface area (Å²) in [4.78, 5) is 12.0. The van der Waals surface area contributed by atoms with Crippen LogP contribution in [0.1, 0.15) is 20.1 Å². The average Bonchev–Trinajstić information content (AvgIpc) is 2.30. The highest BCUT2D eigenvalue weighted by Crippen LogP contribution is 2.06. The molecule has 0 amide bonds. The molecule has 0 fully saturated rings. The Morgan fingerprint density at radius 3 is 2.94 bits per heavy atom. The third-order valence-electron chi connectivity index (χ3n) is 2.34. The van der Waals surface area contributed by atoms with Crippen LogP contribution in [-0.4, -0.2) is 21.6 Å². The first kappa shape index (κ1) is 10.8. The Balaban J connectivity index is 2.57. The van der Waals surface area contributed by atoms with Crippen molar-refractivity contribution in [2.24, 2.45) is 0 Å². The molecule has 16 heavy (non-hydrogen) atoms. The van der Waals surface area contributed by atoms with Gasteiger partial charge in [0.1, 0.15) is 5.52 Å². The highest BCUT2D eigenvalue weighted by atomic mass is 16.5. The maximum atomic E-state index is 12.0. The standard InChI is InChI=1S/C11H13N3O2/c1-3-16-8(2)14-11(15)9-6-4-5-7-10(9)12-13-14/h4-8H,3H2,1-2H3. The van der Waals surface area contributed by atoms with E-state index in [1.165, 1.54) is 4.68 Å². The van der Waals surface area contributed by atoms with Crippen LogP contribution >= 0.6 is 0 Å². The summed E-state index contributed by atoms with van der Waals surface area (Å²) in [7, 11) is 0. The zero-order valence-electron chi connectivity index (χ0n) is 9.25. The third-order valence-corrected chi connectivity index (χ3v) is 2.34. The van der Waals surface area contributed by atoms with Gasteiger partial charge in [0.2, 0.25) is 0 Å². The lowest BCUT2D eigenvalue weighted by Gasteiger charge is -2.12. The first-order valence-electron chi connectivity index (χ1n) is 5.20. The van der Waals surface area contributed by atoms with E-state index in [9.17, 15) is 4.79 Å². The summed E-state index contributed by atoms with van der Waals surface area (Å²) in [5.74, 6) is 0. The molecule has 5 nitrogen and oxygen atoms in total. The van der Waals surface area contributed by atoms with Crippen LogP contribution in [0.3, 0.4) is 0 Å². The molecule has 2 aromatic rings. The summed E-state index contributed by atoms with van der Waals surface area (Å²) in [5.41, 5.74) is 0.430. The van der Waals surface area contributed by atoms with Crippen LogP contribution < -0.4 is 5.56 Å². The van der Waals surface area contributed by atoms with E-state index in [0.29, 0.717) is 17.5 Å². The van der Waals surface area contributed by atoms with Gasteiger partial charge in [-0.3, -0.25) is 4.79 Å². The molecular formula is C11H13N3O2. The Hall–Kier alpha value is -1.75. The Morgan fingerprint density at radius 1 is 1.44 bits per heavy atom. The van der Waals surface area contributed by atoms with Gasteiger partial charge in [-0.15, -0.1) is 5.10 Å². The number of ether oxygens (including phenoxy) is 1. The number of hydrogen-bond acceptors (Lipinski definition) is 4. The second-order valence-corrected chi connectivity index (χ2v) is 3.41. The zero-order chi connectivity index (χ0) is 11.5. The van der Waals surface area contributed by atoms with E-state index in [1.54, 1.807) is 25.1 Å². The lowest BCUT2D eigenvalue weighted by molar-refractivity contribution is 0.0109. The minimum atomic E-state index is -0.394. The minimum Gasteiger partial charge on any atom is -0.357 e. The Kier molecular flexibility index (Phi) is 2.96. The van der Waals surface area contributed by atoms with E-state index >= 15 is 0 Å². The molecule has 0 bridgehead atoms. The second kappa shape index (κ2) is 4.40. The van der Waals surface area contributed by atoms with Gasteiger partial charge in [0.05, 0.1) is 5.39 Å². The third kappa shape index (κ3) is 1.81. The van der Waals surface area contributed by atoms with Crippen molar-refractivity contribution in [3.8, 4) is 0 Å². The Morgan fingerprint density at radius 2 is 2.19 bits per heavy atom. The van der Waals surface area contributed by atoms with Gasteiger partial charge in [-0.1, -0.05) is 17.3 Å². The molecule has 84 valence electrons. The molecule has 1 heterocycles. The number of benzene rings is 1. The fourth-order valence-corrected chi connectivity index (χ4v) is 1.55. The van der Waals surface area contributed by atoms with Crippen LogP contribution in [-0.2, 0) is 4.74 Å². The first-order valence-corrected chi connectivity index (χ1v) is 5.20. The second-order valence-electron chi connectivity index (χ2n) is 3.41. The smallest absolute Gasteiger partial charge is 0.280 e. The highest BCUT2D eigenvalue weighted by Gasteiger charge is 2.10. The zero-order valence-corrected chi connectivity index (χ0v) is 9.25. The van der Waals surface area contributed by atoms with Gasteiger partial charge in [0, 0.05) is 6.61 Å². The monoisotopic (exact) mass is 219 g/mol. The summed E-state index contributed by atoms with van der Waals surface area (Å²) < 4.78 is 6.57. The van der Waals surface area contributed by atoms with Crippen LogP contribution in [0.4, 0.5) is 0 Å². The molecule has 0 radical (unpaired) electrons. The molecule has 1 atom stereocenters. The maximum Gasteiger partial charge on any atom is 0.280 e. The average molecular weight is 219 g/mol. The topological polar surface area (TPSA) is 57.0 Å². The van der Waals surface area contributed by atoms with E-state index in [2.05, 4.69) is 10.3 Å². The molecule has 1 aromatic carbocycles. The molecular weight excluding hydrogens is 206 g/mol. The van der Waals surface area contributed by atoms with Gasteiger partial charge >= 0.3 is 0 Å². The maximum absolute atomic E-state index is 12.0. The lowest BCUT2D eigenvalue weighted by atomic mass is 10.2. The van der Waals surface area contributed by atoms with Crippen LogP contribution in [0.25, 0.3) is 10.9 Å². The molecule has 0 saturated carbocycles. The summed E-state index contributed by atoms with van der Waals surface area (Å²) >= 11 is 0. The Bertz CT molecular complexity index is 550. The van der Waals surface area contributed by atoms with Crippen LogP contribution in [0.15, 0.2) is 29.1 Å². The van der Waals surface area contributed by atoms with Crippen molar-refractivity contribution in [1.29, 1.82) is 0 Å². The number of aromatic nitrogens is 3. The number of nitrogens with zero attached hydrogens (tertiary/aromatic N) is 3. The van der Waals surface area contributed by atoms with Gasteiger partial charge < -0.3 is 4.74 Å². The lowest BCUT2D eigenvalue weighted by Crippen LogP contribution is -2.28. The first-order chi connectivity index (χ1) is 7.74. The molecule has 1 aromatic heterocycles. The summed E-state index contributed by atoms with van der Waals surface area (Å²) in [6, 6.07) is 7.13. The SMILES string of the molecule is CCOC(C)n1nnc2ccccc2c1=O.